The molecule has 1 aliphatic rings. The number of nitrogens with zero attached hydrogens (tertiary/aromatic N) is 2. The minimum Gasteiger partial charge on any atom is -0.394 e. The second-order valence-electron chi connectivity index (χ2n) is 5.93. The van der Waals surface area contributed by atoms with Crippen molar-refractivity contribution in [1.29, 1.82) is 0 Å². The maximum atomic E-state index is 12.2. The highest BCUT2D eigenvalue weighted by atomic mass is 35.5. The highest BCUT2D eigenvalue weighted by molar-refractivity contribution is 6.32. The van der Waals surface area contributed by atoms with Gasteiger partial charge in [-0.25, -0.2) is 4.68 Å². The average molecular weight is 316 g/mol. The SMILES string of the molecule is CC(C)Cn1ncc(NC2(CO)CCOCC2)c(Cl)c1=O. The molecule has 7 heteroatoms. The van der Waals surface area contributed by atoms with Crippen molar-refractivity contribution in [1.82, 2.24) is 9.78 Å². The zero-order chi connectivity index (χ0) is 15.5. The number of nitrogens with one attached hydrogen (secondary N) is 1. The first kappa shape index (κ1) is 16.3. The summed E-state index contributed by atoms with van der Waals surface area (Å²) in [5.41, 5.74) is -0.339. The quantitative estimate of drug-likeness (QED) is 0.861. The third-order valence-electron chi connectivity index (χ3n) is 3.68. The number of hydrogen-bond donors (Lipinski definition) is 2. The first-order valence-electron chi connectivity index (χ1n) is 7.20. The summed E-state index contributed by atoms with van der Waals surface area (Å²) in [6, 6.07) is 0. The minimum atomic E-state index is -0.500. The fraction of sp³-hybridized carbons (Fsp3) is 0.714. The summed E-state index contributed by atoms with van der Waals surface area (Å²) in [6.45, 7) is 5.65. The summed E-state index contributed by atoms with van der Waals surface area (Å²) < 4.78 is 6.68. The fourth-order valence-corrected chi connectivity index (χ4v) is 2.59. The Morgan fingerprint density at radius 3 is 2.76 bits per heavy atom. The Balaban J connectivity index is 2.24. The van der Waals surface area contributed by atoms with Crippen LogP contribution in [0.15, 0.2) is 11.0 Å². The van der Waals surface area contributed by atoms with Crippen LogP contribution in [0.3, 0.4) is 0 Å². The normalized spacial score (nSPS) is 18.0. The minimum absolute atomic E-state index is 0.0399. The molecule has 6 nitrogen and oxygen atoms in total. The molecule has 118 valence electrons. The van der Waals surface area contributed by atoms with E-state index in [-0.39, 0.29) is 17.2 Å². The molecule has 0 amide bonds. The predicted molar refractivity (Wildman–Crippen MR) is 81.8 cm³/mol. The summed E-state index contributed by atoms with van der Waals surface area (Å²) in [5, 5.41) is 17.1. The molecule has 1 aromatic heterocycles. The monoisotopic (exact) mass is 315 g/mol. The maximum absolute atomic E-state index is 12.2. The van der Waals surface area contributed by atoms with Crippen molar-refractivity contribution in [3.8, 4) is 0 Å². The van der Waals surface area contributed by atoms with Gasteiger partial charge in [0, 0.05) is 19.8 Å². The van der Waals surface area contributed by atoms with Crippen molar-refractivity contribution < 1.29 is 9.84 Å². The topological polar surface area (TPSA) is 76.4 Å². The zero-order valence-corrected chi connectivity index (χ0v) is 13.2. The average Bonchev–Trinajstić information content (AvgIpc) is 2.48. The van der Waals surface area contributed by atoms with Crippen LogP contribution in [0.4, 0.5) is 5.69 Å². The smallest absolute Gasteiger partial charge is 0.287 e. The predicted octanol–water partition coefficient (Wildman–Crippen LogP) is 1.51. The lowest BCUT2D eigenvalue weighted by Gasteiger charge is -2.37. The molecule has 2 rings (SSSR count). The summed E-state index contributed by atoms with van der Waals surface area (Å²) in [5.74, 6) is 0.310. The van der Waals surface area contributed by atoms with E-state index < -0.39 is 5.54 Å². The van der Waals surface area contributed by atoms with Crippen molar-refractivity contribution in [2.45, 2.75) is 38.8 Å². The van der Waals surface area contributed by atoms with Crippen LogP contribution in [0, 0.1) is 5.92 Å². The second-order valence-corrected chi connectivity index (χ2v) is 6.31. The van der Waals surface area contributed by atoms with E-state index in [9.17, 15) is 9.90 Å². The second kappa shape index (κ2) is 6.77. The molecule has 1 aromatic rings. The first-order valence-corrected chi connectivity index (χ1v) is 7.57. The molecule has 1 aliphatic heterocycles. The van der Waals surface area contributed by atoms with E-state index in [0.717, 1.165) is 0 Å². The van der Waals surface area contributed by atoms with Crippen LogP contribution in [0.5, 0.6) is 0 Å². The van der Waals surface area contributed by atoms with Gasteiger partial charge in [-0.1, -0.05) is 25.4 Å². The number of aromatic nitrogens is 2. The van der Waals surface area contributed by atoms with Crippen LogP contribution in [-0.2, 0) is 11.3 Å². The van der Waals surface area contributed by atoms with E-state index in [0.29, 0.717) is 44.2 Å². The van der Waals surface area contributed by atoms with Crippen molar-refractivity contribution in [3.63, 3.8) is 0 Å². The summed E-state index contributed by atoms with van der Waals surface area (Å²) in [6.07, 6.45) is 2.88. The molecule has 21 heavy (non-hydrogen) atoms. The van der Waals surface area contributed by atoms with Crippen molar-refractivity contribution in [3.05, 3.63) is 21.6 Å². The molecular formula is C14H22ClN3O3. The summed E-state index contributed by atoms with van der Waals surface area (Å²) in [4.78, 5) is 12.2. The van der Waals surface area contributed by atoms with Gasteiger partial charge in [0.15, 0.2) is 0 Å². The lowest BCUT2D eigenvalue weighted by molar-refractivity contribution is 0.0380. The first-order chi connectivity index (χ1) is 9.97. The Morgan fingerprint density at radius 1 is 1.52 bits per heavy atom. The number of halogens is 1. The van der Waals surface area contributed by atoms with Gasteiger partial charge in [0.2, 0.25) is 0 Å². The lowest BCUT2D eigenvalue weighted by Crippen LogP contribution is -2.47. The number of hydrogen-bond acceptors (Lipinski definition) is 5. The number of anilines is 1. The number of aliphatic hydroxyl groups is 1. The molecule has 0 unspecified atom stereocenters. The van der Waals surface area contributed by atoms with E-state index in [4.69, 9.17) is 16.3 Å². The molecule has 0 saturated carbocycles. The van der Waals surface area contributed by atoms with Crippen molar-refractivity contribution >= 4 is 17.3 Å². The van der Waals surface area contributed by atoms with Crippen LogP contribution in [-0.4, -0.2) is 40.2 Å². The third-order valence-corrected chi connectivity index (χ3v) is 4.04. The largest absolute Gasteiger partial charge is 0.394 e. The van der Waals surface area contributed by atoms with Gasteiger partial charge < -0.3 is 15.2 Å². The standard InChI is InChI=1S/C14H22ClN3O3/c1-10(2)8-18-13(20)12(15)11(7-16-18)17-14(9-19)3-5-21-6-4-14/h7,10,17,19H,3-6,8-9H2,1-2H3. The third kappa shape index (κ3) is 3.75. The molecule has 0 spiro atoms. The Kier molecular flexibility index (Phi) is 5.24. The Bertz CT molecular complexity index is 539. The van der Waals surface area contributed by atoms with Crippen molar-refractivity contribution in [2.75, 3.05) is 25.1 Å². The molecular weight excluding hydrogens is 294 g/mol. The number of ether oxygens (including phenoxy) is 1. The fourth-order valence-electron chi connectivity index (χ4n) is 2.40. The maximum Gasteiger partial charge on any atom is 0.287 e. The molecule has 0 bridgehead atoms. The molecule has 2 N–H and O–H groups in total. The van der Waals surface area contributed by atoms with E-state index in [1.807, 2.05) is 13.8 Å². The molecule has 2 heterocycles. The molecule has 0 aromatic carbocycles. The van der Waals surface area contributed by atoms with Crippen LogP contribution < -0.4 is 10.9 Å². The molecule has 1 saturated heterocycles. The summed E-state index contributed by atoms with van der Waals surface area (Å²) in [7, 11) is 0. The number of rotatable bonds is 5. The van der Waals surface area contributed by atoms with Gasteiger partial charge >= 0.3 is 0 Å². The molecule has 1 fully saturated rings. The van der Waals surface area contributed by atoms with Gasteiger partial charge in [0.05, 0.1) is 24.0 Å². The molecule has 0 aliphatic carbocycles. The summed E-state index contributed by atoms with van der Waals surface area (Å²) >= 11 is 6.17. The van der Waals surface area contributed by atoms with Gasteiger partial charge in [-0.3, -0.25) is 4.79 Å². The molecule has 0 radical (unpaired) electrons. The highest BCUT2D eigenvalue weighted by Gasteiger charge is 2.32. The van der Waals surface area contributed by atoms with Crippen LogP contribution in [0.1, 0.15) is 26.7 Å². The van der Waals surface area contributed by atoms with Gasteiger partial charge in [0.1, 0.15) is 5.02 Å². The van der Waals surface area contributed by atoms with E-state index in [1.54, 1.807) is 6.20 Å². The Hall–Kier alpha value is -1.11. The number of aliphatic hydroxyl groups excluding tert-OH is 1. The highest BCUT2D eigenvalue weighted by Crippen LogP contribution is 2.27. The van der Waals surface area contributed by atoms with Gasteiger partial charge in [-0.2, -0.15) is 5.10 Å². The van der Waals surface area contributed by atoms with E-state index in [2.05, 4.69) is 10.4 Å². The van der Waals surface area contributed by atoms with Gasteiger partial charge in [-0.15, -0.1) is 0 Å². The molecule has 0 atom stereocenters. The lowest BCUT2D eigenvalue weighted by atomic mass is 9.91. The van der Waals surface area contributed by atoms with Crippen LogP contribution >= 0.6 is 11.6 Å². The van der Waals surface area contributed by atoms with Gasteiger partial charge in [-0.05, 0) is 18.8 Å². The Labute approximate surface area is 129 Å². The van der Waals surface area contributed by atoms with Gasteiger partial charge in [0.25, 0.3) is 5.56 Å². The van der Waals surface area contributed by atoms with Crippen LogP contribution in [0.25, 0.3) is 0 Å². The van der Waals surface area contributed by atoms with Crippen LogP contribution in [0.2, 0.25) is 5.02 Å². The van der Waals surface area contributed by atoms with E-state index in [1.165, 1.54) is 4.68 Å². The van der Waals surface area contributed by atoms with E-state index >= 15 is 0 Å². The van der Waals surface area contributed by atoms with Crippen molar-refractivity contribution in [2.24, 2.45) is 5.92 Å². The zero-order valence-electron chi connectivity index (χ0n) is 12.4. The Morgan fingerprint density at radius 2 is 2.19 bits per heavy atom.